The molecule has 0 aliphatic carbocycles. The second-order valence-corrected chi connectivity index (χ2v) is 7.69. The quantitative estimate of drug-likeness (QED) is 0.839. The van der Waals surface area contributed by atoms with E-state index in [9.17, 15) is 10.4 Å². The molecule has 1 N–H and O–H groups in total. The van der Waals surface area contributed by atoms with Crippen molar-refractivity contribution in [2.24, 2.45) is 0 Å². The molecule has 3 rings (SSSR count). The highest BCUT2D eigenvalue weighted by molar-refractivity contribution is 6.62. The molecule has 0 spiro atoms. The van der Waals surface area contributed by atoms with Gasteiger partial charge in [-0.25, -0.2) is 0 Å². The molecular formula is C18H25BN2O3. The predicted molar refractivity (Wildman–Crippen MR) is 94.3 cm³/mol. The predicted octanol–water partition coefficient (Wildman–Crippen LogP) is 1.82. The highest BCUT2D eigenvalue weighted by Gasteiger charge is 2.51. The smallest absolute Gasteiger partial charge is 0.399 e. The summed E-state index contributed by atoms with van der Waals surface area (Å²) in [5.74, 6) is 0. The van der Waals surface area contributed by atoms with Crippen LogP contribution in [0.1, 0.15) is 46.1 Å². The Kier molecular flexibility index (Phi) is 4.37. The zero-order valence-corrected chi connectivity index (χ0v) is 14.9. The molecule has 6 heteroatoms. The summed E-state index contributed by atoms with van der Waals surface area (Å²) in [4.78, 5) is 2.17. The number of benzene rings is 1. The third-order valence-corrected chi connectivity index (χ3v) is 5.47. The van der Waals surface area contributed by atoms with Crippen molar-refractivity contribution in [1.29, 1.82) is 5.26 Å². The minimum absolute atomic E-state index is 0.226. The number of aliphatic hydroxyl groups is 1. The Labute approximate surface area is 144 Å². The Hall–Kier alpha value is -1.55. The minimum atomic E-state index is -0.459. The molecule has 5 nitrogen and oxygen atoms in total. The lowest BCUT2D eigenvalue weighted by Gasteiger charge is -2.32. The lowest BCUT2D eigenvalue weighted by molar-refractivity contribution is 0.00578. The average molecular weight is 328 g/mol. The van der Waals surface area contributed by atoms with Gasteiger partial charge in [-0.2, -0.15) is 5.26 Å². The molecule has 24 heavy (non-hydrogen) atoms. The van der Waals surface area contributed by atoms with Gasteiger partial charge in [0.25, 0.3) is 0 Å². The van der Waals surface area contributed by atoms with Gasteiger partial charge in [0.05, 0.1) is 28.6 Å². The number of aliphatic hydroxyl groups excluding tert-OH is 1. The fourth-order valence-corrected chi connectivity index (χ4v) is 3.15. The molecule has 0 amide bonds. The lowest BCUT2D eigenvalue weighted by Crippen LogP contribution is -2.41. The fraction of sp³-hybridized carbons (Fsp3) is 0.611. The molecule has 0 aromatic heterocycles. The van der Waals surface area contributed by atoms with E-state index >= 15 is 0 Å². The number of hydrogen-bond acceptors (Lipinski definition) is 5. The molecule has 1 aromatic rings. The molecule has 2 saturated heterocycles. The number of hydrogen-bond donors (Lipinski definition) is 1. The van der Waals surface area contributed by atoms with E-state index in [1.54, 1.807) is 0 Å². The third-order valence-electron chi connectivity index (χ3n) is 5.47. The molecule has 2 aliphatic heterocycles. The van der Waals surface area contributed by atoms with Gasteiger partial charge in [-0.3, -0.25) is 0 Å². The highest BCUT2D eigenvalue weighted by atomic mass is 16.7. The van der Waals surface area contributed by atoms with Gasteiger partial charge in [0.1, 0.15) is 6.07 Å². The van der Waals surface area contributed by atoms with Gasteiger partial charge in [0, 0.05) is 13.1 Å². The fourth-order valence-electron chi connectivity index (χ4n) is 3.15. The summed E-state index contributed by atoms with van der Waals surface area (Å²) in [5, 5.41) is 19.2. The van der Waals surface area contributed by atoms with Gasteiger partial charge in [-0.15, -0.1) is 0 Å². The second-order valence-electron chi connectivity index (χ2n) is 7.69. The van der Waals surface area contributed by atoms with Crippen LogP contribution in [-0.2, 0) is 9.31 Å². The van der Waals surface area contributed by atoms with Crippen molar-refractivity contribution in [1.82, 2.24) is 0 Å². The van der Waals surface area contributed by atoms with Gasteiger partial charge >= 0.3 is 7.12 Å². The monoisotopic (exact) mass is 328 g/mol. The van der Waals surface area contributed by atoms with Crippen molar-refractivity contribution in [3.05, 3.63) is 23.8 Å². The number of piperidine rings is 1. The Morgan fingerprint density at radius 3 is 2.29 bits per heavy atom. The standard InChI is InChI=1S/C18H25BN2O3/c1-17(2)18(3,4)24-19(23-17)14-5-6-16(13(11-14)12-20)21-9-7-15(22)8-10-21/h5-6,11,15,22H,7-10H2,1-4H3. The van der Waals surface area contributed by atoms with E-state index < -0.39 is 18.3 Å². The van der Waals surface area contributed by atoms with Crippen molar-refractivity contribution in [2.45, 2.75) is 57.8 Å². The van der Waals surface area contributed by atoms with Crippen molar-refractivity contribution < 1.29 is 14.4 Å². The summed E-state index contributed by atoms with van der Waals surface area (Å²) in [6, 6.07) is 8.10. The van der Waals surface area contributed by atoms with E-state index in [0.29, 0.717) is 5.56 Å². The van der Waals surface area contributed by atoms with Crippen LogP contribution < -0.4 is 10.4 Å². The first-order chi connectivity index (χ1) is 11.2. The first-order valence-electron chi connectivity index (χ1n) is 8.56. The molecule has 0 atom stereocenters. The summed E-state index contributed by atoms with van der Waals surface area (Å²) in [6.07, 6.45) is 1.25. The molecule has 0 radical (unpaired) electrons. The van der Waals surface area contributed by atoms with Gasteiger partial charge in [0.15, 0.2) is 0 Å². The molecule has 1 aromatic carbocycles. The van der Waals surface area contributed by atoms with Crippen LogP contribution in [0.15, 0.2) is 18.2 Å². The van der Waals surface area contributed by atoms with Crippen molar-refractivity contribution >= 4 is 18.3 Å². The van der Waals surface area contributed by atoms with Crippen molar-refractivity contribution in [3.63, 3.8) is 0 Å². The van der Waals surface area contributed by atoms with Crippen LogP contribution in [0.3, 0.4) is 0 Å². The molecule has 2 aliphatic rings. The average Bonchev–Trinajstić information content (AvgIpc) is 2.76. The van der Waals surface area contributed by atoms with Gasteiger partial charge in [0.2, 0.25) is 0 Å². The van der Waals surface area contributed by atoms with Crippen LogP contribution in [0.2, 0.25) is 0 Å². The van der Waals surface area contributed by atoms with Crippen molar-refractivity contribution in [3.8, 4) is 6.07 Å². The van der Waals surface area contributed by atoms with Gasteiger partial charge < -0.3 is 19.3 Å². The third kappa shape index (κ3) is 3.04. The summed E-state index contributed by atoms with van der Waals surface area (Å²) in [7, 11) is -0.459. The molecule has 2 heterocycles. The zero-order valence-electron chi connectivity index (χ0n) is 14.9. The molecule has 128 valence electrons. The van der Waals surface area contributed by atoms with Gasteiger partial charge in [-0.05, 0) is 58.1 Å². The molecular weight excluding hydrogens is 303 g/mol. The molecule has 0 bridgehead atoms. The topological polar surface area (TPSA) is 65.7 Å². The molecule has 0 saturated carbocycles. The minimum Gasteiger partial charge on any atom is -0.399 e. The zero-order chi connectivity index (χ0) is 17.5. The van der Waals surface area contributed by atoms with E-state index in [4.69, 9.17) is 9.31 Å². The number of anilines is 1. The normalized spacial score (nSPS) is 23.3. The maximum Gasteiger partial charge on any atom is 0.494 e. The van der Waals surface area contributed by atoms with E-state index in [1.165, 1.54) is 0 Å². The van der Waals surface area contributed by atoms with Crippen LogP contribution in [0.4, 0.5) is 5.69 Å². The maximum absolute atomic E-state index is 9.66. The number of nitriles is 1. The Bertz CT molecular complexity index is 645. The number of rotatable bonds is 2. The van der Waals surface area contributed by atoms with Crippen LogP contribution in [0.5, 0.6) is 0 Å². The summed E-state index contributed by atoms with van der Waals surface area (Å²) in [5.41, 5.74) is 1.62. The van der Waals surface area contributed by atoms with Crippen LogP contribution in [0.25, 0.3) is 0 Å². The van der Waals surface area contributed by atoms with Crippen LogP contribution in [-0.4, -0.2) is 42.6 Å². The first kappa shape index (κ1) is 17.3. The lowest BCUT2D eigenvalue weighted by atomic mass is 9.78. The van der Waals surface area contributed by atoms with E-state index in [1.807, 2.05) is 45.9 Å². The largest absolute Gasteiger partial charge is 0.494 e. The first-order valence-corrected chi connectivity index (χ1v) is 8.56. The van der Waals surface area contributed by atoms with Crippen LogP contribution >= 0.6 is 0 Å². The van der Waals surface area contributed by atoms with E-state index in [0.717, 1.165) is 37.1 Å². The SMILES string of the molecule is CC1(C)OB(c2ccc(N3CCC(O)CC3)c(C#N)c2)OC1(C)C. The Morgan fingerprint density at radius 1 is 1.17 bits per heavy atom. The summed E-state index contributed by atoms with van der Waals surface area (Å²) in [6.45, 7) is 9.62. The summed E-state index contributed by atoms with van der Waals surface area (Å²) < 4.78 is 12.1. The van der Waals surface area contributed by atoms with E-state index in [-0.39, 0.29) is 6.10 Å². The van der Waals surface area contributed by atoms with Crippen molar-refractivity contribution in [2.75, 3.05) is 18.0 Å². The maximum atomic E-state index is 9.66. The Morgan fingerprint density at radius 2 is 1.75 bits per heavy atom. The summed E-state index contributed by atoms with van der Waals surface area (Å²) >= 11 is 0. The second kappa shape index (κ2) is 6.07. The van der Waals surface area contributed by atoms with Crippen LogP contribution in [0, 0.1) is 11.3 Å². The molecule has 0 unspecified atom stereocenters. The van der Waals surface area contributed by atoms with Gasteiger partial charge in [-0.1, -0.05) is 6.07 Å². The molecule has 2 fully saturated rings. The highest BCUT2D eigenvalue weighted by Crippen LogP contribution is 2.36. The number of nitrogens with zero attached hydrogens (tertiary/aromatic N) is 2. The Balaban J connectivity index is 1.84. The van der Waals surface area contributed by atoms with E-state index in [2.05, 4.69) is 11.0 Å².